The quantitative estimate of drug-likeness (QED) is 0.618. The van der Waals surface area contributed by atoms with Crippen molar-refractivity contribution in [1.29, 1.82) is 0 Å². The summed E-state index contributed by atoms with van der Waals surface area (Å²) in [5.74, 6) is 4.72. The molecule has 0 aliphatic heterocycles. The van der Waals surface area contributed by atoms with Crippen molar-refractivity contribution < 1.29 is 0 Å². The predicted octanol–water partition coefficient (Wildman–Crippen LogP) is 4.04. The van der Waals surface area contributed by atoms with Gasteiger partial charge in [-0.05, 0) is 73.5 Å². The summed E-state index contributed by atoms with van der Waals surface area (Å²) in [4.78, 5) is 0. The monoisotopic (exact) mass is 222 g/mol. The highest BCUT2D eigenvalue weighted by molar-refractivity contribution is 7.39. The van der Waals surface area contributed by atoms with E-state index in [9.17, 15) is 0 Å². The van der Waals surface area contributed by atoms with E-state index in [-0.39, 0.29) is 0 Å². The third kappa shape index (κ3) is 1.51. The Balaban J connectivity index is 1.40. The summed E-state index contributed by atoms with van der Waals surface area (Å²) in [7, 11) is 1.37. The van der Waals surface area contributed by atoms with Gasteiger partial charge in [0.1, 0.15) is 0 Å². The van der Waals surface area contributed by atoms with E-state index in [1.165, 1.54) is 43.6 Å². The number of fused-ring (bicyclic) bond motifs is 4. The molecular formula is C14H23P. The maximum absolute atomic E-state index is 1.64. The van der Waals surface area contributed by atoms with Crippen molar-refractivity contribution in [3.63, 3.8) is 0 Å². The number of hydrogen-bond donors (Lipinski definition) is 0. The van der Waals surface area contributed by atoms with E-state index < -0.39 is 0 Å². The summed E-state index contributed by atoms with van der Waals surface area (Å²) < 4.78 is 0. The first kappa shape index (κ1) is 9.46. The first-order chi connectivity index (χ1) is 7.38. The lowest BCUT2D eigenvalue weighted by molar-refractivity contribution is 0.466. The molecule has 0 heterocycles. The Hall–Kier alpha value is 0.430. The second kappa shape index (κ2) is 3.46. The van der Waals surface area contributed by atoms with Crippen LogP contribution in [0.25, 0.3) is 0 Å². The molecule has 0 radical (unpaired) electrons. The van der Waals surface area contributed by atoms with Gasteiger partial charge in [-0.25, -0.2) is 0 Å². The van der Waals surface area contributed by atoms with E-state index >= 15 is 0 Å². The molecule has 0 amide bonds. The van der Waals surface area contributed by atoms with E-state index in [0.717, 1.165) is 0 Å². The summed E-state index contributed by atoms with van der Waals surface area (Å²) in [6, 6.07) is 0. The molecule has 0 saturated heterocycles. The molecule has 0 spiro atoms. The van der Waals surface area contributed by atoms with Crippen LogP contribution in [0.15, 0.2) is 0 Å². The topological polar surface area (TPSA) is 0 Å². The van der Waals surface area contributed by atoms with E-state index in [0.29, 0.717) is 0 Å². The zero-order valence-electron chi connectivity index (χ0n) is 9.62. The van der Waals surface area contributed by atoms with Gasteiger partial charge in [-0.15, -0.1) is 8.58 Å². The van der Waals surface area contributed by atoms with Crippen molar-refractivity contribution in [2.45, 2.75) is 62.7 Å². The van der Waals surface area contributed by atoms with Gasteiger partial charge in [0, 0.05) is 0 Å². The summed E-state index contributed by atoms with van der Waals surface area (Å²) in [5, 5.41) is 0. The van der Waals surface area contributed by atoms with Crippen LogP contribution < -0.4 is 0 Å². The zero-order chi connectivity index (χ0) is 9.83. The van der Waals surface area contributed by atoms with Crippen LogP contribution in [0, 0.1) is 23.7 Å². The molecule has 0 nitrogen and oxygen atoms in total. The molecule has 4 rings (SSSR count). The van der Waals surface area contributed by atoms with Gasteiger partial charge in [0.2, 0.25) is 0 Å². The molecule has 4 aliphatic carbocycles. The van der Waals surface area contributed by atoms with Crippen LogP contribution in [0.2, 0.25) is 0 Å². The molecule has 7 atom stereocenters. The van der Waals surface area contributed by atoms with Crippen molar-refractivity contribution >= 4 is 8.58 Å². The second-order valence-electron chi connectivity index (χ2n) is 6.73. The third-order valence-electron chi connectivity index (χ3n) is 5.90. The lowest BCUT2D eigenvalue weighted by Crippen LogP contribution is -2.19. The Labute approximate surface area is 95.4 Å². The Bertz CT molecular complexity index is 236. The minimum absolute atomic E-state index is 1.17. The third-order valence-corrected chi connectivity index (χ3v) is 8.17. The highest BCUT2D eigenvalue weighted by atomic mass is 31.1. The first-order valence-electron chi connectivity index (χ1n) is 7.14. The zero-order valence-corrected chi connectivity index (χ0v) is 10.6. The number of hydrogen-bond acceptors (Lipinski definition) is 0. The Kier molecular flexibility index (Phi) is 2.18. The van der Waals surface area contributed by atoms with Gasteiger partial charge in [-0.1, -0.05) is 12.8 Å². The summed E-state index contributed by atoms with van der Waals surface area (Å²) in [5.41, 5.74) is 2.40. The molecule has 4 bridgehead atoms. The van der Waals surface area contributed by atoms with Crippen LogP contribution in [0.4, 0.5) is 0 Å². The smallest absolute Gasteiger partial charge is 0.0203 e. The van der Waals surface area contributed by atoms with Crippen LogP contribution >= 0.6 is 8.58 Å². The van der Waals surface area contributed by atoms with Crippen LogP contribution in [0.5, 0.6) is 0 Å². The molecule has 2 unspecified atom stereocenters. The van der Waals surface area contributed by atoms with Crippen molar-refractivity contribution in [1.82, 2.24) is 0 Å². The maximum atomic E-state index is 1.64. The van der Waals surface area contributed by atoms with E-state index in [2.05, 4.69) is 0 Å². The van der Waals surface area contributed by atoms with Crippen LogP contribution in [-0.4, -0.2) is 11.3 Å². The Morgan fingerprint density at radius 1 is 0.600 bits per heavy atom. The minimum atomic E-state index is 1.17. The van der Waals surface area contributed by atoms with Gasteiger partial charge >= 0.3 is 0 Å². The molecule has 4 fully saturated rings. The van der Waals surface area contributed by atoms with E-state index in [4.69, 9.17) is 0 Å². The molecule has 84 valence electrons. The number of rotatable bonds is 2. The maximum Gasteiger partial charge on any atom is -0.0203 e. The molecule has 0 N–H and O–H groups in total. The molecule has 0 aromatic carbocycles. The molecule has 0 aromatic rings. The Morgan fingerprint density at radius 2 is 1.13 bits per heavy atom. The first-order valence-corrected chi connectivity index (χ1v) is 8.30. The van der Waals surface area contributed by atoms with Gasteiger partial charge in [-0.3, -0.25) is 0 Å². The molecule has 1 heteroatoms. The van der Waals surface area contributed by atoms with Crippen molar-refractivity contribution in [3.05, 3.63) is 0 Å². The normalized spacial score (nSPS) is 57.6. The van der Waals surface area contributed by atoms with Crippen molar-refractivity contribution in [2.75, 3.05) is 0 Å². The van der Waals surface area contributed by atoms with Gasteiger partial charge in [-0.2, -0.15) is 0 Å². The molecule has 15 heavy (non-hydrogen) atoms. The largest absolute Gasteiger partial charge is 0.115 e. The average Bonchev–Trinajstić information content (AvgIpc) is 2.96. The van der Waals surface area contributed by atoms with Gasteiger partial charge in [0.25, 0.3) is 0 Å². The highest BCUT2D eigenvalue weighted by Crippen LogP contribution is 2.58. The summed E-state index contributed by atoms with van der Waals surface area (Å²) in [6.07, 6.45) is 12.9. The lowest BCUT2D eigenvalue weighted by atomic mass is 10.00. The van der Waals surface area contributed by atoms with Crippen LogP contribution in [0.1, 0.15) is 51.4 Å². The second-order valence-corrected chi connectivity index (χ2v) is 8.55. The van der Waals surface area contributed by atoms with Gasteiger partial charge < -0.3 is 0 Å². The fourth-order valence-corrected chi connectivity index (χ4v) is 7.81. The summed E-state index contributed by atoms with van der Waals surface area (Å²) >= 11 is 0. The Morgan fingerprint density at radius 3 is 1.47 bits per heavy atom. The van der Waals surface area contributed by atoms with E-state index in [1.807, 2.05) is 0 Å². The molecule has 4 aliphatic rings. The van der Waals surface area contributed by atoms with E-state index in [1.54, 1.807) is 51.4 Å². The standard InChI is InChI=1S/C14H23P/c1-3-11-5-9(1)7-13(11)15-14-8-10-2-4-12(14)6-10/h9-15H,1-8H2/t9-,10+,11+,12-,13+,14?/m1/s1. The van der Waals surface area contributed by atoms with Crippen LogP contribution in [-0.2, 0) is 0 Å². The van der Waals surface area contributed by atoms with Crippen LogP contribution in [0.3, 0.4) is 0 Å². The fraction of sp³-hybridized carbons (Fsp3) is 1.00. The highest BCUT2D eigenvalue weighted by Gasteiger charge is 2.44. The minimum Gasteiger partial charge on any atom is -0.115 e. The predicted molar refractivity (Wildman–Crippen MR) is 66.8 cm³/mol. The fourth-order valence-electron chi connectivity index (χ4n) is 5.17. The average molecular weight is 222 g/mol. The van der Waals surface area contributed by atoms with Crippen molar-refractivity contribution in [3.8, 4) is 0 Å². The SMILES string of the molecule is C1C[C@@H]2C[C@H]1CC2P[C@H]1C[C@@H]2CC[C@H]1C2. The van der Waals surface area contributed by atoms with Crippen molar-refractivity contribution in [2.24, 2.45) is 23.7 Å². The molecule has 0 aromatic heterocycles. The summed E-state index contributed by atoms with van der Waals surface area (Å²) in [6.45, 7) is 0. The lowest BCUT2D eigenvalue weighted by Gasteiger charge is -2.29. The molecular weight excluding hydrogens is 199 g/mol. The molecule has 4 saturated carbocycles. The van der Waals surface area contributed by atoms with Gasteiger partial charge in [0.05, 0.1) is 0 Å². The van der Waals surface area contributed by atoms with Gasteiger partial charge in [0.15, 0.2) is 0 Å².